The highest BCUT2D eigenvalue weighted by atomic mass is 16.3. The van der Waals surface area contributed by atoms with Crippen LogP contribution in [-0.4, -0.2) is 29.0 Å². The van der Waals surface area contributed by atoms with E-state index in [2.05, 4.69) is 56.9 Å². The van der Waals surface area contributed by atoms with Crippen LogP contribution >= 0.6 is 0 Å². The van der Waals surface area contributed by atoms with Gasteiger partial charge in [0.2, 0.25) is 5.89 Å². The Morgan fingerprint density at radius 1 is 1.07 bits per heavy atom. The van der Waals surface area contributed by atoms with E-state index >= 15 is 0 Å². The molecular weight excluding hydrogens is 362 g/mol. The second-order valence-corrected chi connectivity index (χ2v) is 6.74. The fraction of sp³-hybridized carbons (Fsp3) is 0.217. The Balaban J connectivity index is 1.36. The van der Waals surface area contributed by atoms with Crippen LogP contribution in [0.4, 0.5) is 0 Å². The number of benzene rings is 2. The van der Waals surface area contributed by atoms with Crippen molar-refractivity contribution >= 4 is 16.9 Å². The van der Waals surface area contributed by atoms with E-state index in [9.17, 15) is 0 Å². The van der Waals surface area contributed by atoms with Crippen LogP contribution in [0.1, 0.15) is 18.2 Å². The number of H-pyrrole nitrogens is 1. The van der Waals surface area contributed by atoms with Gasteiger partial charge in [0.25, 0.3) is 0 Å². The third kappa shape index (κ3) is 4.66. The third-order valence-corrected chi connectivity index (χ3v) is 4.68. The van der Waals surface area contributed by atoms with Crippen molar-refractivity contribution in [3.8, 4) is 11.5 Å². The number of oxazole rings is 1. The Hall–Kier alpha value is -3.54. The van der Waals surface area contributed by atoms with E-state index in [1.807, 2.05) is 36.4 Å². The lowest BCUT2D eigenvalue weighted by atomic mass is 10.1. The molecule has 2 aromatic heterocycles. The highest BCUT2D eigenvalue weighted by Crippen LogP contribution is 2.19. The van der Waals surface area contributed by atoms with Crippen LogP contribution in [-0.2, 0) is 13.0 Å². The van der Waals surface area contributed by atoms with Crippen molar-refractivity contribution in [1.82, 2.24) is 20.6 Å². The number of guanidine groups is 1. The first-order chi connectivity index (χ1) is 14.3. The lowest BCUT2D eigenvalue weighted by Gasteiger charge is -2.10. The van der Waals surface area contributed by atoms with Gasteiger partial charge in [-0.25, -0.2) is 9.98 Å². The predicted molar refractivity (Wildman–Crippen MR) is 117 cm³/mol. The summed E-state index contributed by atoms with van der Waals surface area (Å²) < 4.78 is 5.59. The van der Waals surface area contributed by atoms with Gasteiger partial charge in [-0.15, -0.1) is 0 Å². The minimum atomic E-state index is 0.457. The number of nitrogens with zero attached hydrogens (tertiary/aromatic N) is 2. The van der Waals surface area contributed by atoms with E-state index in [4.69, 9.17) is 4.42 Å². The normalized spacial score (nSPS) is 11.7. The molecule has 29 heavy (non-hydrogen) atoms. The van der Waals surface area contributed by atoms with Crippen molar-refractivity contribution in [2.75, 3.05) is 13.1 Å². The van der Waals surface area contributed by atoms with E-state index < -0.39 is 0 Å². The Morgan fingerprint density at radius 3 is 2.76 bits per heavy atom. The fourth-order valence-corrected chi connectivity index (χ4v) is 3.25. The summed E-state index contributed by atoms with van der Waals surface area (Å²) in [7, 11) is 0. The molecule has 4 rings (SSSR count). The van der Waals surface area contributed by atoms with Crippen molar-refractivity contribution in [2.45, 2.75) is 19.9 Å². The van der Waals surface area contributed by atoms with Crippen LogP contribution in [0.15, 0.2) is 76.5 Å². The molecule has 0 fully saturated rings. The molecule has 148 valence electrons. The van der Waals surface area contributed by atoms with Gasteiger partial charge in [0.1, 0.15) is 12.0 Å². The van der Waals surface area contributed by atoms with Crippen molar-refractivity contribution in [1.29, 1.82) is 0 Å². The highest BCUT2D eigenvalue weighted by molar-refractivity contribution is 5.83. The molecule has 2 aromatic carbocycles. The van der Waals surface area contributed by atoms with Crippen LogP contribution in [0.3, 0.4) is 0 Å². The first-order valence-electron chi connectivity index (χ1n) is 9.90. The van der Waals surface area contributed by atoms with E-state index in [1.54, 1.807) is 6.26 Å². The SMILES string of the molecule is CCNC(=NCc1coc(-c2ccccc2)n1)NCCc1c[nH]c2ccccc12. The van der Waals surface area contributed by atoms with Gasteiger partial charge < -0.3 is 20.0 Å². The van der Waals surface area contributed by atoms with Gasteiger partial charge in [-0.2, -0.15) is 0 Å². The Morgan fingerprint density at radius 2 is 1.90 bits per heavy atom. The Kier molecular flexibility index (Phi) is 5.90. The van der Waals surface area contributed by atoms with Crippen LogP contribution in [0.5, 0.6) is 0 Å². The van der Waals surface area contributed by atoms with Crippen molar-refractivity contribution < 1.29 is 4.42 Å². The van der Waals surface area contributed by atoms with Crippen molar-refractivity contribution in [3.05, 3.63) is 78.3 Å². The van der Waals surface area contributed by atoms with E-state index in [0.29, 0.717) is 12.4 Å². The summed E-state index contributed by atoms with van der Waals surface area (Å²) in [5.74, 6) is 1.39. The largest absolute Gasteiger partial charge is 0.444 e. The second kappa shape index (κ2) is 9.10. The summed E-state index contributed by atoms with van der Waals surface area (Å²) in [6.07, 6.45) is 4.66. The van der Waals surface area contributed by atoms with Gasteiger partial charge >= 0.3 is 0 Å². The molecule has 2 heterocycles. The molecule has 0 saturated carbocycles. The summed E-state index contributed by atoms with van der Waals surface area (Å²) >= 11 is 0. The van der Waals surface area contributed by atoms with Crippen LogP contribution in [0.25, 0.3) is 22.4 Å². The maximum absolute atomic E-state index is 5.59. The zero-order chi connectivity index (χ0) is 19.9. The second-order valence-electron chi connectivity index (χ2n) is 6.74. The number of aromatic amines is 1. The maximum atomic E-state index is 5.59. The van der Waals surface area contributed by atoms with Gasteiger partial charge in [0, 0.05) is 35.8 Å². The average molecular weight is 387 g/mol. The third-order valence-electron chi connectivity index (χ3n) is 4.68. The summed E-state index contributed by atoms with van der Waals surface area (Å²) in [4.78, 5) is 12.5. The molecule has 0 unspecified atom stereocenters. The molecule has 0 atom stereocenters. The lowest BCUT2D eigenvalue weighted by molar-refractivity contribution is 0.572. The van der Waals surface area contributed by atoms with Crippen molar-refractivity contribution in [2.24, 2.45) is 4.99 Å². The molecule has 0 saturated heterocycles. The monoisotopic (exact) mass is 387 g/mol. The summed E-state index contributed by atoms with van der Waals surface area (Å²) in [5.41, 5.74) is 4.24. The van der Waals surface area contributed by atoms with Crippen molar-refractivity contribution in [3.63, 3.8) is 0 Å². The maximum Gasteiger partial charge on any atom is 0.226 e. The summed E-state index contributed by atoms with van der Waals surface area (Å²) in [6, 6.07) is 18.2. The fourth-order valence-electron chi connectivity index (χ4n) is 3.25. The topological polar surface area (TPSA) is 78.2 Å². The molecule has 0 aliphatic rings. The Labute approximate surface area is 170 Å². The molecule has 0 aliphatic carbocycles. The number of aromatic nitrogens is 2. The molecule has 0 radical (unpaired) electrons. The molecule has 3 N–H and O–H groups in total. The molecule has 0 bridgehead atoms. The van der Waals surface area contributed by atoms with Crippen LogP contribution < -0.4 is 10.6 Å². The number of hydrogen-bond acceptors (Lipinski definition) is 3. The molecule has 4 aromatic rings. The highest BCUT2D eigenvalue weighted by Gasteiger charge is 2.07. The zero-order valence-electron chi connectivity index (χ0n) is 16.5. The van der Waals surface area contributed by atoms with Crippen LogP contribution in [0, 0.1) is 0 Å². The Bertz CT molecular complexity index is 1080. The lowest BCUT2D eigenvalue weighted by Crippen LogP contribution is -2.38. The van der Waals surface area contributed by atoms with E-state index in [-0.39, 0.29) is 0 Å². The van der Waals surface area contributed by atoms with E-state index in [0.717, 1.165) is 36.7 Å². The van der Waals surface area contributed by atoms with Gasteiger partial charge in [-0.1, -0.05) is 36.4 Å². The number of para-hydroxylation sites is 1. The standard InChI is InChI=1S/C23H25N5O/c1-2-24-23(25-13-12-18-14-26-21-11-7-6-10-20(18)21)27-15-19-16-29-22(28-19)17-8-4-3-5-9-17/h3-11,14,16,26H,2,12-13,15H2,1H3,(H2,24,25,27). The average Bonchev–Trinajstić information content (AvgIpc) is 3.40. The number of nitrogens with one attached hydrogen (secondary N) is 3. The molecule has 6 heteroatoms. The smallest absolute Gasteiger partial charge is 0.226 e. The summed E-state index contributed by atoms with van der Waals surface area (Å²) in [5, 5.41) is 7.95. The first-order valence-corrected chi connectivity index (χ1v) is 9.90. The molecule has 6 nitrogen and oxygen atoms in total. The van der Waals surface area contributed by atoms with E-state index in [1.165, 1.54) is 16.5 Å². The molecule has 0 amide bonds. The molecule has 0 aliphatic heterocycles. The number of aliphatic imine (C=N–C) groups is 1. The number of rotatable bonds is 7. The number of fused-ring (bicyclic) bond motifs is 1. The van der Waals surface area contributed by atoms with Gasteiger partial charge in [-0.05, 0) is 37.1 Å². The predicted octanol–water partition coefficient (Wildman–Crippen LogP) is 4.12. The summed E-state index contributed by atoms with van der Waals surface area (Å²) in [6.45, 7) is 4.11. The zero-order valence-corrected chi connectivity index (χ0v) is 16.5. The van der Waals surface area contributed by atoms with Crippen LogP contribution in [0.2, 0.25) is 0 Å². The first kappa shape index (κ1) is 18.8. The quantitative estimate of drug-likeness (QED) is 0.329. The number of hydrogen-bond donors (Lipinski definition) is 3. The molecular formula is C23H25N5O. The van der Waals surface area contributed by atoms with Gasteiger partial charge in [-0.3, -0.25) is 0 Å². The molecule has 0 spiro atoms. The minimum Gasteiger partial charge on any atom is -0.444 e. The van der Waals surface area contributed by atoms with Gasteiger partial charge in [0.15, 0.2) is 5.96 Å². The minimum absolute atomic E-state index is 0.457. The van der Waals surface area contributed by atoms with Gasteiger partial charge in [0.05, 0.1) is 6.54 Å².